The topological polar surface area (TPSA) is 41.1 Å². The molecule has 0 saturated carbocycles. The molecule has 1 fully saturated rings. The van der Waals surface area contributed by atoms with Crippen LogP contribution in [0.4, 0.5) is 0 Å². The lowest BCUT2D eigenvalue weighted by atomic mass is 9.78. The summed E-state index contributed by atoms with van der Waals surface area (Å²) in [5.74, 6) is 0.154. The number of hydrogen-bond acceptors (Lipinski definition) is 2. The van der Waals surface area contributed by atoms with Gasteiger partial charge in [-0.15, -0.1) is 12.4 Å². The van der Waals surface area contributed by atoms with Gasteiger partial charge in [0.2, 0.25) is 5.91 Å². The van der Waals surface area contributed by atoms with Crippen molar-refractivity contribution in [1.82, 2.24) is 10.6 Å². The molecule has 1 heterocycles. The second-order valence-corrected chi connectivity index (χ2v) is 6.37. The van der Waals surface area contributed by atoms with Gasteiger partial charge in [-0.2, -0.15) is 0 Å². The zero-order valence-electron chi connectivity index (χ0n) is 13.2. The van der Waals surface area contributed by atoms with Crippen molar-refractivity contribution in [2.75, 3.05) is 6.54 Å². The smallest absolute Gasteiger partial charge is 0.221 e. The third-order valence-electron chi connectivity index (χ3n) is 4.57. The lowest BCUT2D eigenvalue weighted by molar-refractivity contribution is -0.122. The highest BCUT2D eigenvalue weighted by Gasteiger charge is 2.29. The molecule has 0 aromatic heterocycles. The first kappa shape index (κ1) is 18.0. The molecular formula is C17H27ClN2O. The van der Waals surface area contributed by atoms with Gasteiger partial charge in [-0.25, -0.2) is 0 Å². The number of amides is 1. The number of hydrogen-bond donors (Lipinski definition) is 2. The molecule has 1 aliphatic heterocycles. The van der Waals surface area contributed by atoms with Crippen molar-refractivity contribution in [2.24, 2.45) is 0 Å². The summed E-state index contributed by atoms with van der Waals surface area (Å²) < 4.78 is 0. The van der Waals surface area contributed by atoms with Gasteiger partial charge in [0.25, 0.3) is 0 Å². The third kappa shape index (κ3) is 4.72. The Labute approximate surface area is 134 Å². The Morgan fingerprint density at radius 3 is 2.62 bits per heavy atom. The first-order valence-corrected chi connectivity index (χ1v) is 7.58. The van der Waals surface area contributed by atoms with Crippen LogP contribution in [0.5, 0.6) is 0 Å². The molecule has 2 unspecified atom stereocenters. The van der Waals surface area contributed by atoms with Gasteiger partial charge in [0.05, 0.1) is 0 Å². The van der Waals surface area contributed by atoms with Gasteiger partial charge in [-0.1, -0.05) is 44.2 Å². The standard InChI is InChI=1S/C17H26N2O.ClH/c1-13(17(2,3)14-8-5-4-6-9-14)19-16(20)12-15-10-7-11-18-15;/h4-6,8-9,13,15,18H,7,10-12H2,1-3H3,(H,19,20);1H. The Balaban J connectivity index is 0.00000220. The quantitative estimate of drug-likeness (QED) is 0.877. The summed E-state index contributed by atoms with van der Waals surface area (Å²) in [5.41, 5.74) is 1.19. The highest BCUT2D eigenvalue weighted by molar-refractivity contribution is 5.85. The van der Waals surface area contributed by atoms with Crippen molar-refractivity contribution in [3.63, 3.8) is 0 Å². The molecule has 1 amide bonds. The largest absolute Gasteiger partial charge is 0.353 e. The van der Waals surface area contributed by atoms with Crippen LogP contribution in [0.15, 0.2) is 30.3 Å². The second kappa shape index (κ2) is 7.81. The van der Waals surface area contributed by atoms with Crippen LogP contribution < -0.4 is 10.6 Å². The van der Waals surface area contributed by atoms with Crippen LogP contribution >= 0.6 is 12.4 Å². The van der Waals surface area contributed by atoms with E-state index >= 15 is 0 Å². The van der Waals surface area contributed by atoms with Crippen molar-refractivity contribution in [1.29, 1.82) is 0 Å². The highest BCUT2D eigenvalue weighted by Crippen LogP contribution is 2.26. The number of carbonyl (C=O) groups is 1. The van der Waals surface area contributed by atoms with Crippen molar-refractivity contribution in [3.05, 3.63) is 35.9 Å². The lowest BCUT2D eigenvalue weighted by Crippen LogP contribution is -2.46. The van der Waals surface area contributed by atoms with E-state index in [0.29, 0.717) is 12.5 Å². The molecule has 3 nitrogen and oxygen atoms in total. The molecule has 0 radical (unpaired) electrons. The first-order chi connectivity index (χ1) is 9.50. The Bertz CT molecular complexity index is 441. The van der Waals surface area contributed by atoms with Gasteiger partial charge >= 0.3 is 0 Å². The Morgan fingerprint density at radius 2 is 2.05 bits per heavy atom. The number of nitrogens with one attached hydrogen (secondary N) is 2. The summed E-state index contributed by atoms with van der Waals surface area (Å²) >= 11 is 0. The van der Waals surface area contributed by atoms with Crippen LogP contribution in [-0.4, -0.2) is 24.5 Å². The van der Waals surface area contributed by atoms with Crippen LogP contribution in [0.25, 0.3) is 0 Å². The minimum absolute atomic E-state index is 0. The average molecular weight is 311 g/mol. The van der Waals surface area contributed by atoms with E-state index in [0.717, 1.165) is 13.0 Å². The third-order valence-corrected chi connectivity index (χ3v) is 4.57. The van der Waals surface area contributed by atoms with Gasteiger partial charge < -0.3 is 10.6 Å². The fourth-order valence-corrected chi connectivity index (χ4v) is 2.75. The maximum Gasteiger partial charge on any atom is 0.221 e. The summed E-state index contributed by atoms with van der Waals surface area (Å²) in [5, 5.41) is 6.54. The summed E-state index contributed by atoms with van der Waals surface area (Å²) in [6, 6.07) is 10.8. The van der Waals surface area contributed by atoms with Crippen LogP contribution in [0.3, 0.4) is 0 Å². The number of halogens is 1. The molecule has 0 spiro atoms. The molecular weight excluding hydrogens is 284 g/mol. The van der Waals surface area contributed by atoms with Crippen LogP contribution in [0.2, 0.25) is 0 Å². The Hall–Kier alpha value is -1.06. The van der Waals surface area contributed by atoms with Gasteiger partial charge in [-0.3, -0.25) is 4.79 Å². The first-order valence-electron chi connectivity index (χ1n) is 7.58. The molecule has 2 rings (SSSR count). The molecule has 4 heteroatoms. The molecule has 2 atom stereocenters. The fraction of sp³-hybridized carbons (Fsp3) is 0.588. The SMILES string of the molecule is CC(NC(=O)CC1CCCN1)C(C)(C)c1ccccc1.Cl. The maximum absolute atomic E-state index is 12.1. The van der Waals surface area contributed by atoms with Crippen molar-refractivity contribution >= 4 is 18.3 Å². The molecule has 21 heavy (non-hydrogen) atoms. The molecule has 0 aliphatic carbocycles. The van der Waals surface area contributed by atoms with E-state index in [4.69, 9.17) is 0 Å². The summed E-state index contributed by atoms with van der Waals surface area (Å²) in [7, 11) is 0. The fourth-order valence-electron chi connectivity index (χ4n) is 2.75. The van der Waals surface area contributed by atoms with E-state index in [9.17, 15) is 4.79 Å². The van der Waals surface area contributed by atoms with E-state index in [-0.39, 0.29) is 29.8 Å². The Kier molecular flexibility index (Phi) is 6.69. The molecule has 0 bridgehead atoms. The van der Waals surface area contributed by atoms with E-state index in [1.807, 2.05) is 18.2 Å². The van der Waals surface area contributed by atoms with Crippen LogP contribution in [-0.2, 0) is 10.2 Å². The van der Waals surface area contributed by atoms with Gasteiger partial charge in [0.15, 0.2) is 0 Å². The van der Waals surface area contributed by atoms with Gasteiger partial charge in [0, 0.05) is 23.9 Å². The zero-order valence-corrected chi connectivity index (χ0v) is 14.0. The van der Waals surface area contributed by atoms with Gasteiger partial charge in [0.1, 0.15) is 0 Å². The monoisotopic (exact) mass is 310 g/mol. The van der Waals surface area contributed by atoms with E-state index in [1.165, 1.54) is 12.0 Å². The predicted octanol–water partition coefficient (Wildman–Crippen LogP) is 3.03. The Morgan fingerprint density at radius 1 is 1.38 bits per heavy atom. The normalized spacial score (nSPS) is 19.7. The van der Waals surface area contributed by atoms with E-state index in [1.54, 1.807) is 0 Å². The van der Waals surface area contributed by atoms with E-state index in [2.05, 4.69) is 43.5 Å². The van der Waals surface area contributed by atoms with E-state index < -0.39 is 0 Å². The zero-order chi connectivity index (χ0) is 14.6. The molecule has 2 N–H and O–H groups in total. The molecule has 1 aromatic carbocycles. The maximum atomic E-state index is 12.1. The summed E-state index contributed by atoms with van der Waals surface area (Å²) in [6.07, 6.45) is 2.89. The minimum atomic E-state index is -0.0694. The highest BCUT2D eigenvalue weighted by atomic mass is 35.5. The number of benzene rings is 1. The van der Waals surface area contributed by atoms with Crippen LogP contribution in [0, 0.1) is 0 Å². The summed E-state index contributed by atoms with van der Waals surface area (Å²) in [4.78, 5) is 12.1. The minimum Gasteiger partial charge on any atom is -0.353 e. The average Bonchev–Trinajstić information content (AvgIpc) is 2.92. The van der Waals surface area contributed by atoms with Gasteiger partial charge in [-0.05, 0) is 31.9 Å². The number of rotatable bonds is 5. The molecule has 118 valence electrons. The molecule has 1 aliphatic rings. The van der Waals surface area contributed by atoms with Crippen molar-refractivity contribution < 1.29 is 4.79 Å². The van der Waals surface area contributed by atoms with Crippen molar-refractivity contribution in [2.45, 2.75) is 57.5 Å². The molecule has 1 saturated heterocycles. The predicted molar refractivity (Wildman–Crippen MR) is 90.0 cm³/mol. The van der Waals surface area contributed by atoms with Crippen LogP contribution in [0.1, 0.15) is 45.6 Å². The molecule has 1 aromatic rings. The lowest BCUT2D eigenvalue weighted by Gasteiger charge is -2.33. The second-order valence-electron chi connectivity index (χ2n) is 6.37. The number of carbonyl (C=O) groups excluding carboxylic acids is 1. The summed E-state index contributed by atoms with van der Waals surface area (Å²) in [6.45, 7) is 7.50. The van der Waals surface area contributed by atoms with Crippen molar-refractivity contribution in [3.8, 4) is 0 Å².